The minimum Gasteiger partial charge on any atom is -0.367 e. The van der Waals surface area contributed by atoms with Crippen molar-refractivity contribution in [2.24, 2.45) is 0 Å². The predicted molar refractivity (Wildman–Crippen MR) is 146 cm³/mol. The number of fused-ring (bicyclic) bond motifs is 1. The van der Waals surface area contributed by atoms with Gasteiger partial charge in [0.05, 0.1) is 6.20 Å². The van der Waals surface area contributed by atoms with E-state index in [1.807, 2.05) is 6.20 Å². The average Bonchev–Trinajstić information content (AvgIpc) is 2.91. The van der Waals surface area contributed by atoms with Crippen molar-refractivity contribution in [3.8, 4) is 0 Å². The van der Waals surface area contributed by atoms with Gasteiger partial charge in [-0.3, -0.25) is 9.80 Å². The molecule has 0 aliphatic carbocycles. The molecule has 0 atom stereocenters. The smallest absolute Gasteiger partial charge is 0.229 e. The highest BCUT2D eigenvalue weighted by Crippen LogP contribution is 2.24. The molecule has 2 N–H and O–H groups in total. The number of nitrogens with one attached hydrogen (secondary N) is 2. The highest BCUT2D eigenvalue weighted by atomic mass is 15.3. The second kappa shape index (κ2) is 12.3. The Balaban J connectivity index is 1.26. The minimum absolute atomic E-state index is 0.664. The third-order valence-electron chi connectivity index (χ3n) is 7.68. The fourth-order valence-corrected chi connectivity index (χ4v) is 5.16. The molecule has 0 radical (unpaired) electrons. The van der Waals surface area contributed by atoms with Crippen LogP contribution in [0.25, 0.3) is 11.2 Å². The van der Waals surface area contributed by atoms with Crippen LogP contribution < -0.4 is 15.5 Å². The van der Waals surface area contributed by atoms with Crippen LogP contribution in [0.4, 0.5) is 17.6 Å². The first-order chi connectivity index (χ1) is 17.6. The number of likely N-dealkylation sites (N-methyl/N-ethyl adjacent to an activating group) is 2. The number of rotatable bonds is 9. The molecule has 3 saturated heterocycles. The SMILES string of the molecule is CN1CCN(CCNc2cnc3c(NCCN4CCN(C)CC4)nc(N4CCCCC4)nc3n2)CC1. The Hall–Kier alpha value is -2.34. The van der Waals surface area contributed by atoms with E-state index in [2.05, 4.69) is 49.2 Å². The highest BCUT2D eigenvalue weighted by Gasteiger charge is 2.19. The van der Waals surface area contributed by atoms with Crippen LogP contribution in [0.1, 0.15) is 19.3 Å². The largest absolute Gasteiger partial charge is 0.367 e. The zero-order valence-electron chi connectivity index (χ0n) is 22.1. The standard InChI is InChI=1S/C25H43N11/c1-32-12-16-34(17-13-32)10-6-26-21-20-28-22-23(27-7-11-35-18-14-33(2)15-19-35)30-25(31-24(22)29-21)36-8-4-3-5-9-36/h20H,3-19H2,1-2H3,(H2,26,27,29,30,31). The van der Waals surface area contributed by atoms with Crippen LogP contribution in [0.2, 0.25) is 0 Å². The zero-order valence-corrected chi connectivity index (χ0v) is 22.1. The summed E-state index contributed by atoms with van der Waals surface area (Å²) in [5, 5.41) is 7.04. The molecule has 0 amide bonds. The van der Waals surface area contributed by atoms with Gasteiger partial charge in [-0.2, -0.15) is 9.97 Å². The molecule has 0 spiro atoms. The Morgan fingerprint density at radius 2 is 1.31 bits per heavy atom. The molecule has 11 heteroatoms. The molecule has 11 nitrogen and oxygen atoms in total. The molecule has 2 aromatic heterocycles. The van der Waals surface area contributed by atoms with Crippen molar-refractivity contribution in [1.29, 1.82) is 0 Å². The lowest BCUT2D eigenvalue weighted by Gasteiger charge is -2.32. The normalized spacial score (nSPS) is 21.2. The van der Waals surface area contributed by atoms with Gasteiger partial charge in [0.2, 0.25) is 5.95 Å². The summed E-state index contributed by atoms with van der Waals surface area (Å²) in [6.45, 7) is 14.7. The first-order valence-corrected chi connectivity index (χ1v) is 13.7. The predicted octanol–water partition coefficient (Wildman–Crippen LogP) is 0.729. The summed E-state index contributed by atoms with van der Waals surface area (Å²) in [6.07, 6.45) is 5.48. The molecule has 0 aromatic carbocycles. The number of piperidine rings is 1. The van der Waals surface area contributed by atoms with Crippen LogP contribution in [0.15, 0.2) is 6.20 Å². The van der Waals surface area contributed by atoms with Gasteiger partial charge in [-0.25, -0.2) is 9.97 Å². The van der Waals surface area contributed by atoms with Crippen molar-refractivity contribution in [2.45, 2.75) is 19.3 Å². The maximum atomic E-state index is 4.92. The Morgan fingerprint density at radius 1 is 0.694 bits per heavy atom. The quantitative estimate of drug-likeness (QED) is 0.514. The lowest BCUT2D eigenvalue weighted by Crippen LogP contribution is -2.45. The van der Waals surface area contributed by atoms with Crippen molar-refractivity contribution in [3.63, 3.8) is 0 Å². The summed E-state index contributed by atoms with van der Waals surface area (Å²) in [6, 6.07) is 0. The summed E-state index contributed by atoms with van der Waals surface area (Å²) in [5.41, 5.74) is 1.41. The van der Waals surface area contributed by atoms with E-state index < -0.39 is 0 Å². The summed E-state index contributed by atoms with van der Waals surface area (Å²) < 4.78 is 0. The van der Waals surface area contributed by atoms with Gasteiger partial charge < -0.3 is 25.3 Å². The number of aromatic nitrogens is 4. The van der Waals surface area contributed by atoms with Crippen molar-refractivity contribution < 1.29 is 0 Å². The Labute approximate surface area is 215 Å². The van der Waals surface area contributed by atoms with Crippen molar-refractivity contribution in [2.75, 3.05) is 121 Å². The fraction of sp³-hybridized carbons (Fsp3) is 0.760. The first-order valence-electron chi connectivity index (χ1n) is 13.7. The van der Waals surface area contributed by atoms with E-state index >= 15 is 0 Å². The van der Waals surface area contributed by atoms with E-state index in [1.165, 1.54) is 19.3 Å². The number of hydrogen-bond donors (Lipinski definition) is 2. The summed E-state index contributed by atoms with van der Waals surface area (Å²) in [5.74, 6) is 2.35. The second-order valence-electron chi connectivity index (χ2n) is 10.5. The molecule has 3 aliphatic rings. The van der Waals surface area contributed by atoms with Crippen LogP contribution in [0.5, 0.6) is 0 Å². The van der Waals surface area contributed by atoms with Crippen LogP contribution in [-0.4, -0.2) is 145 Å². The van der Waals surface area contributed by atoms with Gasteiger partial charge >= 0.3 is 0 Å². The molecule has 3 fully saturated rings. The summed E-state index contributed by atoms with van der Waals surface area (Å²) >= 11 is 0. The number of piperazine rings is 2. The van der Waals surface area contributed by atoms with Gasteiger partial charge in [0.25, 0.3) is 0 Å². The van der Waals surface area contributed by atoms with Gasteiger partial charge in [0, 0.05) is 91.6 Å². The third kappa shape index (κ3) is 6.70. The molecule has 0 bridgehead atoms. The van der Waals surface area contributed by atoms with Gasteiger partial charge in [-0.15, -0.1) is 0 Å². The fourth-order valence-electron chi connectivity index (χ4n) is 5.16. The lowest BCUT2D eigenvalue weighted by atomic mass is 10.1. The van der Waals surface area contributed by atoms with Gasteiger partial charge in [0.1, 0.15) is 5.82 Å². The van der Waals surface area contributed by atoms with Crippen LogP contribution in [0, 0.1) is 0 Å². The van der Waals surface area contributed by atoms with Crippen molar-refractivity contribution in [3.05, 3.63) is 6.20 Å². The Morgan fingerprint density at radius 3 is 1.94 bits per heavy atom. The van der Waals surface area contributed by atoms with Crippen LogP contribution >= 0.6 is 0 Å². The number of hydrogen-bond acceptors (Lipinski definition) is 11. The highest BCUT2D eigenvalue weighted by molar-refractivity contribution is 5.84. The summed E-state index contributed by atoms with van der Waals surface area (Å²) in [4.78, 5) is 31.5. The minimum atomic E-state index is 0.664. The maximum absolute atomic E-state index is 4.92. The van der Waals surface area contributed by atoms with E-state index in [4.69, 9.17) is 19.9 Å². The number of nitrogens with zero attached hydrogens (tertiary/aromatic N) is 9. The summed E-state index contributed by atoms with van der Waals surface area (Å²) in [7, 11) is 4.38. The molecule has 198 valence electrons. The topological polar surface area (TPSA) is 91.8 Å². The van der Waals surface area contributed by atoms with Gasteiger partial charge in [-0.05, 0) is 33.4 Å². The monoisotopic (exact) mass is 497 g/mol. The second-order valence-corrected chi connectivity index (χ2v) is 10.5. The van der Waals surface area contributed by atoms with E-state index in [0.29, 0.717) is 5.65 Å². The molecule has 3 aliphatic heterocycles. The Kier molecular flexibility index (Phi) is 8.63. The van der Waals surface area contributed by atoms with E-state index in [1.54, 1.807) is 0 Å². The first kappa shape index (κ1) is 25.3. The molecule has 0 unspecified atom stereocenters. The van der Waals surface area contributed by atoms with Crippen LogP contribution in [0.3, 0.4) is 0 Å². The van der Waals surface area contributed by atoms with Crippen molar-refractivity contribution >= 4 is 28.7 Å². The molecule has 5 rings (SSSR count). The molecule has 5 heterocycles. The molecule has 0 saturated carbocycles. The third-order valence-corrected chi connectivity index (χ3v) is 7.68. The molecule has 2 aromatic rings. The Bertz CT molecular complexity index is 964. The van der Waals surface area contributed by atoms with Gasteiger partial charge in [-0.1, -0.05) is 0 Å². The van der Waals surface area contributed by atoms with E-state index in [0.717, 1.165) is 115 Å². The zero-order chi connectivity index (χ0) is 24.7. The molecule has 36 heavy (non-hydrogen) atoms. The van der Waals surface area contributed by atoms with Gasteiger partial charge in [0.15, 0.2) is 17.0 Å². The van der Waals surface area contributed by atoms with Crippen molar-refractivity contribution in [1.82, 2.24) is 39.5 Å². The molecular weight excluding hydrogens is 454 g/mol. The maximum Gasteiger partial charge on any atom is 0.229 e. The average molecular weight is 498 g/mol. The lowest BCUT2D eigenvalue weighted by molar-refractivity contribution is 0.158. The van der Waals surface area contributed by atoms with Crippen LogP contribution in [-0.2, 0) is 0 Å². The van der Waals surface area contributed by atoms with E-state index in [9.17, 15) is 0 Å². The number of anilines is 3. The van der Waals surface area contributed by atoms with E-state index in [-0.39, 0.29) is 0 Å². The molecular formula is C25H43N11.